The summed E-state index contributed by atoms with van der Waals surface area (Å²) < 4.78 is 0. The zero-order valence-electron chi connectivity index (χ0n) is 8.76. The quantitative estimate of drug-likeness (QED) is 0.385. The maximum atomic E-state index is 11.9. The zero-order valence-corrected chi connectivity index (χ0v) is 9.52. The van der Waals surface area contributed by atoms with Crippen LogP contribution < -0.4 is 0 Å². The Kier molecular flexibility index (Phi) is 3.10. The van der Waals surface area contributed by atoms with Gasteiger partial charge in [-0.25, -0.2) is 0 Å². The normalized spacial score (nSPS) is 15.4. The Morgan fingerprint density at radius 2 is 1.76 bits per heavy atom. The molecule has 1 aliphatic rings. The van der Waals surface area contributed by atoms with Crippen molar-refractivity contribution in [3.05, 3.63) is 35.4 Å². The molecule has 2 rings (SSSR count). The Morgan fingerprint density at radius 1 is 1.24 bits per heavy atom. The van der Waals surface area contributed by atoms with Crippen LogP contribution in [0.2, 0.25) is 0 Å². The van der Waals surface area contributed by atoms with Crippen molar-refractivity contribution in [1.82, 2.24) is 4.90 Å². The number of hydrogen-bond acceptors (Lipinski definition) is 4. The predicted molar refractivity (Wildman–Crippen MR) is 61.5 cm³/mol. The van der Waals surface area contributed by atoms with E-state index in [-0.39, 0.29) is 30.0 Å². The smallest absolute Gasteiger partial charge is 0.261 e. The highest BCUT2D eigenvalue weighted by Gasteiger charge is 2.34. The molecule has 0 aliphatic carbocycles. The van der Waals surface area contributed by atoms with E-state index in [4.69, 9.17) is 16.8 Å². The number of rotatable bonds is 3. The fraction of sp³-hybridized carbons (Fsp3) is 0.182. The van der Waals surface area contributed by atoms with Gasteiger partial charge in [0, 0.05) is 13.0 Å². The van der Waals surface area contributed by atoms with Crippen molar-refractivity contribution in [3.63, 3.8) is 0 Å². The highest BCUT2D eigenvalue weighted by atomic mass is 35.5. The van der Waals surface area contributed by atoms with Crippen molar-refractivity contribution in [2.24, 2.45) is 5.16 Å². The van der Waals surface area contributed by atoms with Gasteiger partial charge in [-0.3, -0.25) is 14.5 Å². The lowest BCUT2D eigenvalue weighted by Crippen LogP contribution is -2.31. The summed E-state index contributed by atoms with van der Waals surface area (Å²) in [6.45, 7) is 0.106. The van der Waals surface area contributed by atoms with E-state index >= 15 is 0 Å². The third-order valence-corrected chi connectivity index (χ3v) is 2.79. The van der Waals surface area contributed by atoms with Crippen LogP contribution in [0.4, 0.5) is 0 Å². The first-order chi connectivity index (χ1) is 8.15. The van der Waals surface area contributed by atoms with E-state index in [0.717, 1.165) is 4.90 Å². The number of oxime groups is 1. The predicted octanol–water partition coefficient (Wildman–Crippen LogP) is 1.70. The molecule has 0 bridgehead atoms. The first-order valence-corrected chi connectivity index (χ1v) is 5.34. The lowest BCUT2D eigenvalue weighted by atomic mass is 10.1. The Morgan fingerprint density at radius 3 is 2.24 bits per heavy atom. The maximum absolute atomic E-state index is 11.9. The van der Waals surface area contributed by atoms with Crippen LogP contribution in [0.15, 0.2) is 29.4 Å². The molecular weight excluding hydrogens is 244 g/mol. The van der Waals surface area contributed by atoms with Gasteiger partial charge in [0.1, 0.15) is 5.17 Å². The molecule has 0 saturated heterocycles. The number of carbonyl (C=O) groups excluding carboxylic acids is 2. The molecule has 0 fully saturated rings. The van der Waals surface area contributed by atoms with E-state index in [1.807, 2.05) is 0 Å². The lowest BCUT2D eigenvalue weighted by molar-refractivity contribution is 0.0658. The van der Waals surface area contributed by atoms with Crippen LogP contribution >= 0.6 is 11.6 Å². The molecule has 0 spiro atoms. The Labute approximate surface area is 102 Å². The van der Waals surface area contributed by atoms with Crippen LogP contribution in [0, 0.1) is 0 Å². The molecule has 2 amide bonds. The number of amides is 2. The minimum atomic E-state index is -0.340. The highest BCUT2D eigenvalue weighted by Crippen LogP contribution is 2.22. The van der Waals surface area contributed by atoms with Gasteiger partial charge in [-0.15, -0.1) is 0 Å². The molecule has 1 aromatic carbocycles. The standard InChI is InChI=1S/C11H9ClN2O3/c12-9(13-17)5-6-14-10(15)7-3-1-2-4-8(7)11(14)16/h1-4,17H,5-6H2/b13-9-. The zero-order chi connectivity index (χ0) is 12.4. The number of hydrogen-bond donors (Lipinski definition) is 1. The summed E-state index contributed by atoms with van der Waals surface area (Å²) >= 11 is 5.50. The first-order valence-electron chi connectivity index (χ1n) is 4.97. The molecule has 88 valence electrons. The monoisotopic (exact) mass is 252 g/mol. The van der Waals surface area contributed by atoms with Crippen molar-refractivity contribution in [2.75, 3.05) is 6.54 Å². The van der Waals surface area contributed by atoms with Crippen molar-refractivity contribution in [2.45, 2.75) is 6.42 Å². The van der Waals surface area contributed by atoms with Crippen molar-refractivity contribution < 1.29 is 14.8 Å². The van der Waals surface area contributed by atoms with E-state index in [0.29, 0.717) is 11.1 Å². The summed E-state index contributed by atoms with van der Waals surface area (Å²) in [4.78, 5) is 24.8. The molecule has 1 aromatic rings. The fourth-order valence-corrected chi connectivity index (χ4v) is 1.78. The first kappa shape index (κ1) is 11.6. The topological polar surface area (TPSA) is 70.0 Å². The number of imide groups is 1. The van der Waals surface area contributed by atoms with Gasteiger partial charge in [0.05, 0.1) is 11.1 Å². The van der Waals surface area contributed by atoms with Gasteiger partial charge in [0.15, 0.2) is 0 Å². The number of fused-ring (bicyclic) bond motifs is 1. The van der Waals surface area contributed by atoms with Crippen LogP contribution in [-0.4, -0.2) is 33.6 Å². The Balaban J connectivity index is 2.19. The van der Waals surface area contributed by atoms with E-state index in [1.165, 1.54) is 0 Å². The van der Waals surface area contributed by atoms with Crippen LogP contribution in [0.1, 0.15) is 27.1 Å². The molecule has 0 radical (unpaired) electrons. The molecule has 6 heteroatoms. The molecular formula is C11H9ClN2O3. The third-order valence-electron chi connectivity index (χ3n) is 2.53. The largest absolute Gasteiger partial charge is 0.410 e. The van der Waals surface area contributed by atoms with Crippen molar-refractivity contribution in [1.29, 1.82) is 0 Å². The van der Waals surface area contributed by atoms with E-state index in [1.54, 1.807) is 24.3 Å². The summed E-state index contributed by atoms with van der Waals surface area (Å²) in [6.07, 6.45) is 0.142. The van der Waals surface area contributed by atoms with Gasteiger partial charge in [0.25, 0.3) is 11.8 Å². The van der Waals surface area contributed by atoms with Crippen LogP contribution in [-0.2, 0) is 0 Å². The van der Waals surface area contributed by atoms with E-state index in [9.17, 15) is 9.59 Å². The van der Waals surface area contributed by atoms with Gasteiger partial charge in [-0.05, 0) is 12.1 Å². The average molecular weight is 253 g/mol. The second-order valence-corrected chi connectivity index (χ2v) is 3.97. The van der Waals surface area contributed by atoms with Crippen LogP contribution in [0.5, 0.6) is 0 Å². The Hall–Kier alpha value is -1.88. The van der Waals surface area contributed by atoms with Gasteiger partial charge in [-0.2, -0.15) is 0 Å². The molecule has 0 aromatic heterocycles. The number of halogens is 1. The van der Waals surface area contributed by atoms with E-state index in [2.05, 4.69) is 5.16 Å². The van der Waals surface area contributed by atoms with Crippen molar-refractivity contribution >= 4 is 28.6 Å². The third kappa shape index (κ3) is 2.01. The summed E-state index contributed by atoms with van der Waals surface area (Å²) in [5.41, 5.74) is 0.795. The molecule has 1 aliphatic heterocycles. The second kappa shape index (κ2) is 4.55. The lowest BCUT2D eigenvalue weighted by Gasteiger charge is -2.12. The number of benzene rings is 1. The fourth-order valence-electron chi connectivity index (χ4n) is 1.70. The number of carbonyl (C=O) groups is 2. The van der Waals surface area contributed by atoms with Gasteiger partial charge in [-0.1, -0.05) is 28.9 Å². The average Bonchev–Trinajstić information content (AvgIpc) is 2.60. The van der Waals surface area contributed by atoms with Gasteiger partial charge >= 0.3 is 0 Å². The van der Waals surface area contributed by atoms with Gasteiger partial charge in [0.2, 0.25) is 0 Å². The molecule has 0 saturated carbocycles. The summed E-state index contributed by atoms with van der Waals surface area (Å²) in [6, 6.07) is 6.62. The Bertz CT molecular complexity index is 478. The minimum absolute atomic E-state index is 0.0402. The highest BCUT2D eigenvalue weighted by molar-refractivity contribution is 6.65. The maximum Gasteiger partial charge on any atom is 0.261 e. The van der Waals surface area contributed by atoms with Crippen LogP contribution in [0.3, 0.4) is 0 Å². The van der Waals surface area contributed by atoms with E-state index < -0.39 is 0 Å². The summed E-state index contributed by atoms with van der Waals surface area (Å²) in [5, 5.41) is 11.1. The molecule has 17 heavy (non-hydrogen) atoms. The second-order valence-electron chi connectivity index (χ2n) is 3.53. The summed E-state index contributed by atoms with van der Waals surface area (Å²) in [7, 11) is 0. The van der Waals surface area contributed by atoms with Crippen molar-refractivity contribution in [3.8, 4) is 0 Å². The van der Waals surface area contributed by atoms with Crippen LogP contribution in [0.25, 0.3) is 0 Å². The van der Waals surface area contributed by atoms with Gasteiger partial charge < -0.3 is 5.21 Å². The molecule has 5 nitrogen and oxygen atoms in total. The summed E-state index contributed by atoms with van der Waals surface area (Å²) in [5.74, 6) is -0.680. The number of nitrogens with zero attached hydrogens (tertiary/aromatic N) is 2. The molecule has 0 atom stereocenters. The molecule has 0 unspecified atom stereocenters. The molecule has 1 N–H and O–H groups in total. The molecule has 1 heterocycles. The SMILES string of the molecule is O=C1c2ccccc2C(=O)N1CC/C(Cl)=N/O. The minimum Gasteiger partial charge on any atom is -0.410 e.